The zero-order valence-electron chi connectivity index (χ0n) is 17.6. The van der Waals surface area contributed by atoms with Gasteiger partial charge in [-0.25, -0.2) is 4.98 Å². The number of para-hydroxylation sites is 1. The number of aromatic nitrogens is 3. The van der Waals surface area contributed by atoms with Crippen molar-refractivity contribution < 1.29 is 18.3 Å². The third-order valence-electron chi connectivity index (χ3n) is 4.31. The van der Waals surface area contributed by atoms with E-state index in [-0.39, 0.29) is 42.0 Å². The molecule has 0 atom stereocenters. The lowest BCUT2D eigenvalue weighted by Gasteiger charge is -2.17. The summed E-state index contributed by atoms with van der Waals surface area (Å²) in [6, 6.07) is 12.8. The minimum absolute atomic E-state index is 0. The van der Waals surface area contributed by atoms with E-state index in [9.17, 15) is 8.78 Å². The molecule has 0 saturated heterocycles. The van der Waals surface area contributed by atoms with Gasteiger partial charge in [0.25, 0.3) is 0 Å². The van der Waals surface area contributed by atoms with Crippen LogP contribution in [0.4, 0.5) is 8.78 Å². The zero-order valence-corrected chi connectivity index (χ0v) is 20.0. The minimum atomic E-state index is -2.95. The Labute approximate surface area is 201 Å². The van der Waals surface area contributed by atoms with Crippen LogP contribution in [-0.4, -0.2) is 41.4 Å². The predicted octanol–water partition coefficient (Wildman–Crippen LogP) is 3.96. The largest absolute Gasteiger partial charge is 0.490 e. The fourth-order valence-electron chi connectivity index (χ4n) is 2.95. The second kappa shape index (κ2) is 12.8. The van der Waals surface area contributed by atoms with Crippen molar-refractivity contribution in [1.82, 2.24) is 25.8 Å². The Kier molecular flexibility index (Phi) is 10.1. The maximum atomic E-state index is 12.9. The van der Waals surface area contributed by atoms with Gasteiger partial charge in [0.1, 0.15) is 6.33 Å². The fourth-order valence-corrected chi connectivity index (χ4v) is 2.95. The van der Waals surface area contributed by atoms with Gasteiger partial charge in [-0.3, -0.25) is 10.1 Å². The van der Waals surface area contributed by atoms with Crippen molar-refractivity contribution in [2.75, 3.05) is 13.7 Å². The summed E-state index contributed by atoms with van der Waals surface area (Å²) < 4.78 is 35.9. The number of H-pyrrole nitrogens is 1. The summed E-state index contributed by atoms with van der Waals surface area (Å²) in [7, 11) is 1.63. The average Bonchev–Trinajstić information content (AvgIpc) is 3.31. The molecule has 11 heteroatoms. The molecular weight excluding hydrogens is 533 g/mol. The van der Waals surface area contributed by atoms with Gasteiger partial charge in [-0.2, -0.15) is 13.9 Å². The normalized spacial score (nSPS) is 11.1. The molecule has 3 aromatic rings. The third kappa shape index (κ3) is 7.04. The molecule has 0 aliphatic rings. The Morgan fingerprint density at radius 3 is 2.62 bits per heavy atom. The molecule has 8 nitrogen and oxygen atoms in total. The molecule has 0 aliphatic carbocycles. The molecule has 32 heavy (non-hydrogen) atoms. The summed E-state index contributed by atoms with van der Waals surface area (Å²) in [4.78, 5) is 8.34. The molecule has 0 bridgehead atoms. The molecule has 3 N–H and O–H groups in total. The van der Waals surface area contributed by atoms with Gasteiger partial charge in [-0.1, -0.05) is 30.3 Å². The van der Waals surface area contributed by atoms with Gasteiger partial charge in [-0.05, 0) is 24.6 Å². The molecule has 2 aromatic carbocycles. The van der Waals surface area contributed by atoms with Crippen LogP contribution in [0.2, 0.25) is 0 Å². The molecule has 0 fully saturated rings. The summed E-state index contributed by atoms with van der Waals surface area (Å²) in [5, 5.41) is 13.0. The molecular formula is C21H25F2IN6O2. The Hall–Kier alpha value is -2.96. The number of hydrogen-bond acceptors (Lipinski definition) is 5. The number of hydrogen-bond donors (Lipinski definition) is 3. The maximum Gasteiger partial charge on any atom is 0.387 e. The molecule has 1 heterocycles. The second-order valence-electron chi connectivity index (χ2n) is 6.37. The van der Waals surface area contributed by atoms with Crippen molar-refractivity contribution in [2.24, 2.45) is 4.99 Å². The lowest BCUT2D eigenvalue weighted by molar-refractivity contribution is -0.0520. The predicted molar refractivity (Wildman–Crippen MR) is 129 cm³/mol. The van der Waals surface area contributed by atoms with Gasteiger partial charge < -0.3 is 20.1 Å². The van der Waals surface area contributed by atoms with Gasteiger partial charge in [0.15, 0.2) is 23.3 Å². The van der Waals surface area contributed by atoms with E-state index in [0.29, 0.717) is 30.5 Å². The molecule has 0 aliphatic heterocycles. The molecule has 0 spiro atoms. The van der Waals surface area contributed by atoms with E-state index in [1.54, 1.807) is 32.2 Å². The van der Waals surface area contributed by atoms with Crippen LogP contribution in [0.5, 0.6) is 11.5 Å². The van der Waals surface area contributed by atoms with E-state index in [2.05, 4.69) is 30.8 Å². The van der Waals surface area contributed by atoms with Crippen LogP contribution in [0.15, 0.2) is 53.8 Å². The number of nitrogens with zero attached hydrogens (tertiary/aromatic N) is 3. The van der Waals surface area contributed by atoms with E-state index < -0.39 is 6.61 Å². The SMILES string of the molecule is CCOc1cccc(CNC(=NC)NCc2cccc(-c3ncn[nH]3)c2)c1OC(F)F.I. The number of aliphatic imine (C=N–C) groups is 1. The van der Waals surface area contributed by atoms with Crippen molar-refractivity contribution in [3.05, 3.63) is 59.9 Å². The lowest BCUT2D eigenvalue weighted by Crippen LogP contribution is -2.36. The number of benzene rings is 2. The Bertz CT molecular complexity index is 1000. The molecule has 3 rings (SSSR count). The van der Waals surface area contributed by atoms with Gasteiger partial charge in [-0.15, -0.1) is 24.0 Å². The smallest absolute Gasteiger partial charge is 0.387 e. The number of nitrogens with one attached hydrogen (secondary N) is 3. The molecule has 0 saturated carbocycles. The van der Waals surface area contributed by atoms with Crippen LogP contribution in [0.25, 0.3) is 11.4 Å². The standard InChI is InChI=1S/C21H24F2N6O2.HI/c1-3-30-17-9-5-8-16(18(17)31-20(22)23)12-26-21(24-2)25-11-14-6-4-7-15(10-14)19-27-13-28-29-19;/h4-10,13,20H,3,11-12H2,1-2H3,(H2,24,25,26)(H,27,28,29);1H. The molecule has 0 radical (unpaired) electrons. The lowest BCUT2D eigenvalue weighted by atomic mass is 10.1. The summed E-state index contributed by atoms with van der Waals surface area (Å²) in [5.41, 5.74) is 2.46. The number of aromatic amines is 1. The number of alkyl halides is 2. The first-order valence-corrected chi connectivity index (χ1v) is 9.69. The van der Waals surface area contributed by atoms with E-state index in [1.165, 1.54) is 6.33 Å². The highest BCUT2D eigenvalue weighted by Gasteiger charge is 2.16. The van der Waals surface area contributed by atoms with Gasteiger partial charge >= 0.3 is 6.61 Å². The van der Waals surface area contributed by atoms with Crippen LogP contribution in [0.1, 0.15) is 18.1 Å². The molecule has 1 aromatic heterocycles. The number of ether oxygens (including phenoxy) is 2. The van der Waals surface area contributed by atoms with Gasteiger partial charge in [0.2, 0.25) is 0 Å². The number of guanidine groups is 1. The fraction of sp³-hybridized carbons (Fsp3) is 0.286. The van der Waals surface area contributed by atoms with E-state index in [4.69, 9.17) is 9.47 Å². The monoisotopic (exact) mass is 558 g/mol. The molecule has 0 unspecified atom stereocenters. The van der Waals surface area contributed by atoms with Crippen LogP contribution in [0.3, 0.4) is 0 Å². The molecule has 0 amide bonds. The van der Waals surface area contributed by atoms with Crippen LogP contribution >= 0.6 is 24.0 Å². The highest BCUT2D eigenvalue weighted by atomic mass is 127. The van der Waals surface area contributed by atoms with Crippen molar-refractivity contribution in [3.8, 4) is 22.9 Å². The quantitative estimate of drug-likeness (QED) is 0.209. The number of halogens is 3. The van der Waals surface area contributed by atoms with Gasteiger partial charge in [0, 0.05) is 31.3 Å². The zero-order chi connectivity index (χ0) is 22.1. The summed E-state index contributed by atoms with van der Waals surface area (Å²) in [6.45, 7) is -0.107. The summed E-state index contributed by atoms with van der Waals surface area (Å²) in [6.07, 6.45) is 1.46. The first-order valence-electron chi connectivity index (χ1n) is 9.69. The topological polar surface area (TPSA) is 96.5 Å². The van der Waals surface area contributed by atoms with Crippen LogP contribution in [-0.2, 0) is 13.1 Å². The highest BCUT2D eigenvalue weighted by molar-refractivity contribution is 14.0. The minimum Gasteiger partial charge on any atom is -0.490 e. The Morgan fingerprint density at radius 1 is 1.16 bits per heavy atom. The second-order valence-corrected chi connectivity index (χ2v) is 6.37. The molecule has 172 valence electrons. The Balaban J connectivity index is 0.00000363. The Morgan fingerprint density at radius 2 is 1.94 bits per heavy atom. The van der Waals surface area contributed by atoms with Crippen LogP contribution < -0.4 is 20.1 Å². The van der Waals surface area contributed by atoms with E-state index >= 15 is 0 Å². The third-order valence-corrected chi connectivity index (χ3v) is 4.31. The average molecular weight is 558 g/mol. The van der Waals surface area contributed by atoms with Crippen molar-refractivity contribution in [2.45, 2.75) is 26.6 Å². The summed E-state index contributed by atoms with van der Waals surface area (Å²) >= 11 is 0. The van der Waals surface area contributed by atoms with E-state index in [1.807, 2.05) is 24.3 Å². The van der Waals surface area contributed by atoms with Gasteiger partial charge in [0.05, 0.1) is 6.61 Å². The van der Waals surface area contributed by atoms with Crippen LogP contribution in [0, 0.1) is 0 Å². The summed E-state index contributed by atoms with van der Waals surface area (Å²) in [5.74, 6) is 1.48. The van der Waals surface area contributed by atoms with E-state index in [0.717, 1.165) is 11.1 Å². The highest BCUT2D eigenvalue weighted by Crippen LogP contribution is 2.32. The maximum absolute atomic E-state index is 12.9. The number of rotatable bonds is 9. The first-order chi connectivity index (χ1) is 15.1. The first kappa shape index (κ1) is 25.3. The van der Waals surface area contributed by atoms with Crippen molar-refractivity contribution in [1.29, 1.82) is 0 Å². The van der Waals surface area contributed by atoms with Crippen molar-refractivity contribution in [3.63, 3.8) is 0 Å². The van der Waals surface area contributed by atoms with Crippen molar-refractivity contribution >= 4 is 29.9 Å².